The molecule has 0 atom stereocenters. The van der Waals surface area contributed by atoms with Crippen LogP contribution in [0.1, 0.15) is 25.5 Å². The lowest BCUT2D eigenvalue weighted by Gasteiger charge is -1.97. The summed E-state index contributed by atoms with van der Waals surface area (Å²) in [5.74, 6) is 1.81. The fourth-order valence-electron chi connectivity index (χ4n) is 1.94. The number of hydrogen-bond acceptors (Lipinski definition) is 5. The standard InChI is InChI=1S/C13H15N5S/c1-3-11-16-12(4-2)18(17-11)13-15-9-6-5-8(14)7-10(9)19-13/h5-7H,3-4,14H2,1-2H3. The Bertz CT molecular complexity index is 728. The lowest BCUT2D eigenvalue weighted by Crippen LogP contribution is -2.01. The number of hydrogen-bond donors (Lipinski definition) is 1. The van der Waals surface area contributed by atoms with E-state index in [4.69, 9.17) is 5.73 Å². The van der Waals surface area contributed by atoms with Gasteiger partial charge in [-0.15, -0.1) is 5.10 Å². The van der Waals surface area contributed by atoms with Crippen LogP contribution in [0.15, 0.2) is 18.2 Å². The van der Waals surface area contributed by atoms with Crippen molar-refractivity contribution in [2.24, 2.45) is 0 Å². The molecule has 0 aliphatic rings. The Kier molecular flexibility index (Phi) is 2.94. The number of nitrogens with zero attached hydrogens (tertiary/aromatic N) is 4. The van der Waals surface area contributed by atoms with E-state index in [1.807, 2.05) is 22.9 Å². The molecule has 2 N–H and O–H groups in total. The lowest BCUT2D eigenvalue weighted by molar-refractivity contribution is 0.786. The van der Waals surface area contributed by atoms with Crippen molar-refractivity contribution in [3.05, 3.63) is 29.8 Å². The molecule has 0 radical (unpaired) electrons. The summed E-state index contributed by atoms with van der Waals surface area (Å²) in [7, 11) is 0. The Balaban J connectivity index is 2.15. The molecule has 2 aromatic heterocycles. The van der Waals surface area contributed by atoms with Crippen molar-refractivity contribution in [3.63, 3.8) is 0 Å². The van der Waals surface area contributed by atoms with Gasteiger partial charge in [0.15, 0.2) is 5.82 Å². The fraction of sp³-hybridized carbons (Fsp3) is 0.308. The molecule has 3 rings (SSSR count). The van der Waals surface area contributed by atoms with Crippen molar-refractivity contribution in [1.82, 2.24) is 19.7 Å². The predicted molar refractivity (Wildman–Crippen MR) is 77.7 cm³/mol. The topological polar surface area (TPSA) is 69.6 Å². The third-order valence-corrected chi connectivity index (χ3v) is 3.93. The minimum absolute atomic E-state index is 0.756. The first-order valence-electron chi connectivity index (χ1n) is 6.32. The molecule has 19 heavy (non-hydrogen) atoms. The summed E-state index contributed by atoms with van der Waals surface area (Å²) in [6.07, 6.45) is 1.67. The molecule has 0 aliphatic carbocycles. The van der Waals surface area contributed by atoms with Crippen molar-refractivity contribution in [3.8, 4) is 5.13 Å². The summed E-state index contributed by atoms with van der Waals surface area (Å²) in [5.41, 5.74) is 7.50. The molecule has 0 spiro atoms. The molecule has 0 unspecified atom stereocenters. The van der Waals surface area contributed by atoms with Gasteiger partial charge in [0.05, 0.1) is 10.2 Å². The van der Waals surface area contributed by atoms with E-state index in [-0.39, 0.29) is 0 Å². The first-order valence-corrected chi connectivity index (χ1v) is 7.14. The van der Waals surface area contributed by atoms with Crippen LogP contribution in [0.5, 0.6) is 0 Å². The third kappa shape index (κ3) is 2.08. The van der Waals surface area contributed by atoms with E-state index in [1.165, 1.54) is 0 Å². The van der Waals surface area contributed by atoms with Crippen LogP contribution in [0, 0.1) is 0 Å². The van der Waals surface area contributed by atoms with E-state index in [1.54, 1.807) is 11.3 Å². The van der Waals surface area contributed by atoms with Gasteiger partial charge in [-0.25, -0.2) is 9.97 Å². The van der Waals surface area contributed by atoms with Crippen molar-refractivity contribution in [2.45, 2.75) is 26.7 Å². The zero-order chi connectivity index (χ0) is 13.4. The van der Waals surface area contributed by atoms with Gasteiger partial charge in [-0.1, -0.05) is 25.2 Å². The van der Waals surface area contributed by atoms with Crippen molar-refractivity contribution >= 4 is 27.2 Å². The second-order valence-electron chi connectivity index (χ2n) is 4.29. The average Bonchev–Trinajstić information content (AvgIpc) is 3.00. The molecule has 0 amide bonds. The molecule has 2 heterocycles. The molecule has 0 aliphatic heterocycles. The Morgan fingerprint density at radius 1 is 1.21 bits per heavy atom. The van der Waals surface area contributed by atoms with E-state index in [2.05, 4.69) is 28.9 Å². The van der Waals surface area contributed by atoms with Gasteiger partial charge in [-0.2, -0.15) is 4.68 Å². The molecule has 3 aromatic rings. The largest absolute Gasteiger partial charge is 0.399 e. The van der Waals surface area contributed by atoms with E-state index >= 15 is 0 Å². The molecular weight excluding hydrogens is 258 g/mol. The number of nitrogens with two attached hydrogens (primary N) is 1. The number of benzene rings is 1. The van der Waals surface area contributed by atoms with E-state index < -0.39 is 0 Å². The number of thiazole rings is 1. The quantitative estimate of drug-likeness (QED) is 0.745. The second kappa shape index (κ2) is 4.62. The average molecular weight is 273 g/mol. The van der Waals surface area contributed by atoms with Gasteiger partial charge in [-0.05, 0) is 18.2 Å². The van der Waals surface area contributed by atoms with Gasteiger partial charge in [0.2, 0.25) is 5.13 Å². The lowest BCUT2D eigenvalue weighted by atomic mass is 10.3. The number of fused-ring (bicyclic) bond motifs is 1. The van der Waals surface area contributed by atoms with Crippen molar-refractivity contribution < 1.29 is 0 Å². The summed E-state index contributed by atoms with van der Waals surface area (Å²) < 4.78 is 2.92. The van der Waals surface area contributed by atoms with Crippen LogP contribution in [0.4, 0.5) is 5.69 Å². The Morgan fingerprint density at radius 2 is 2.05 bits per heavy atom. The molecular formula is C13H15N5S. The molecule has 0 bridgehead atoms. The highest BCUT2D eigenvalue weighted by Gasteiger charge is 2.13. The Hall–Kier alpha value is -1.95. The van der Waals surface area contributed by atoms with Crippen LogP contribution < -0.4 is 5.73 Å². The first-order chi connectivity index (χ1) is 9.21. The number of nitrogen functional groups attached to an aromatic ring is 1. The van der Waals surface area contributed by atoms with Crippen LogP contribution in [-0.4, -0.2) is 19.7 Å². The number of aromatic nitrogens is 4. The maximum Gasteiger partial charge on any atom is 0.213 e. The van der Waals surface area contributed by atoms with Crippen LogP contribution in [0.3, 0.4) is 0 Å². The second-order valence-corrected chi connectivity index (χ2v) is 5.30. The predicted octanol–water partition coefficient (Wildman–Crippen LogP) is 2.58. The molecule has 98 valence electrons. The van der Waals surface area contributed by atoms with Gasteiger partial charge in [0, 0.05) is 18.5 Å². The van der Waals surface area contributed by atoms with Crippen LogP contribution in [0.2, 0.25) is 0 Å². The normalized spacial score (nSPS) is 11.3. The number of aryl methyl sites for hydroxylation is 2. The molecule has 5 nitrogen and oxygen atoms in total. The highest BCUT2D eigenvalue weighted by atomic mass is 32.1. The van der Waals surface area contributed by atoms with Crippen LogP contribution in [0.25, 0.3) is 15.3 Å². The molecule has 6 heteroatoms. The molecule has 0 saturated carbocycles. The zero-order valence-electron chi connectivity index (χ0n) is 10.9. The van der Waals surface area contributed by atoms with Gasteiger partial charge in [0.25, 0.3) is 0 Å². The summed E-state index contributed by atoms with van der Waals surface area (Å²) >= 11 is 1.59. The fourth-order valence-corrected chi connectivity index (χ4v) is 2.93. The highest BCUT2D eigenvalue weighted by molar-refractivity contribution is 7.20. The van der Waals surface area contributed by atoms with E-state index in [0.717, 1.165) is 45.5 Å². The third-order valence-electron chi connectivity index (χ3n) is 2.93. The van der Waals surface area contributed by atoms with Crippen molar-refractivity contribution in [1.29, 1.82) is 0 Å². The molecule has 1 aromatic carbocycles. The summed E-state index contributed by atoms with van der Waals surface area (Å²) in [5, 5.41) is 5.36. The van der Waals surface area contributed by atoms with Crippen molar-refractivity contribution in [2.75, 3.05) is 5.73 Å². The minimum Gasteiger partial charge on any atom is -0.399 e. The van der Waals surface area contributed by atoms with Gasteiger partial charge in [0.1, 0.15) is 5.82 Å². The summed E-state index contributed by atoms with van der Waals surface area (Å²) in [6.45, 7) is 4.13. The maximum absolute atomic E-state index is 5.80. The monoisotopic (exact) mass is 273 g/mol. The Labute approximate surface area is 115 Å². The highest BCUT2D eigenvalue weighted by Crippen LogP contribution is 2.27. The zero-order valence-corrected chi connectivity index (χ0v) is 11.7. The molecule has 0 saturated heterocycles. The smallest absolute Gasteiger partial charge is 0.213 e. The molecule has 0 fully saturated rings. The Morgan fingerprint density at radius 3 is 2.79 bits per heavy atom. The number of anilines is 1. The van der Waals surface area contributed by atoms with Gasteiger partial charge < -0.3 is 5.73 Å². The minimum atomic E-state index is 0.756. The van der Waals surface area contributed by atoms with E-state index in [9.17, 15) is 0 Å². The van der Waals surface area contributed by atoms with Crippen LogP contribution >= 0.6 is 11.3 Å². The van der Waals surface area contributed by atoms with Gasteiger partial charge in [-0.3, -0.25) is 0 Å². The summed E-state index contributed by atoms with van der Waals surface area (Å²) in [6, 6.07) is 5.75. The first kappa shape index (κ1) is 12.1. The van der Waals surface area contributed by atoms with Crippen LogP contribution in [-0.2, 0) is 12.8 Å². The number of rotatable bonds is 3. The van der Waals surface area contributed by atoms with Gasteiger partial charge >= 0.3 is 0 Å². The van der Waals surface area contributed by atoms with E-state index in [0.29, 0.717) is 0 Å². The SMILES string of the molecule is CCc1nc(CC)n(-c2nc3ccc(N)cc3s2)n1. The summed E-state index contributed by atoms with van der Waals surface area (Å²) in [4.78, 5) is 9.11. The maximum atomic E-state index is 5.80.